The lowest BCUT2D eigenvalue weighted by Crippen LogP contribution is -2.24. The second-order valence-electron chi connectivity index (χ2n) is 10.3. The number of nitrogens with two attached hydrogens (primary N) is 1. The molecule has 1 aliphatic rings. The minimum absolute atomic E-state index is 0.439. The van der Waals surface area contributed by atoms with Crippen LogP contribution >= 0.6 is 0 Å². The third-order valence-corrected chi connectivity index (χ3v) is 7.94. The Labute approximate surface area is 236 Å². The Morgan fingerprint density at radius 3 is 2.41 bits per heavy atom. The lowest BCUT2D eigenvalue weighted by Gasteiger charge is -2.25. The van der Waals surface area contributed by atoms with Crippen molar-refractivity contribution in [2.45, 2.75) is 6.29 Å². The molecule has 1 aliphatic heterocycles. The third kappa shape index (κ3) is 3.60. The van der Waals surface area contributed by atoms with Gasteiger partial charge in [0.2, 0.25) is 12.2 Å². The third-order valence-electron chi connectivity index (χ3n) is 7.94. The number of furan rings is 1. The molecular weight excluding hydrogens is 504 g/mol. The molecule has 196 valence electrons. The molecule has 1 atom stereocenters. The minimum Gasteiger partial charge on any atom is -0.440 e. The van der Waals surface area contributed by atoms with Crippen molar-refractivity contribution in [3.05, 3.63) is 139 Å². The van der Waals surface area contributed by atoms with E-state index in [0.29, 0.717) is 11.6 Å². The molecule has 3 heterocycles. The molecule has 2 aromatic heterocycles. The Balaban J connectivity index is 1.42. The number of nitrogen functional groups attached to an aromatic ring is 1. The van der Waals surface area contributed by atoms with Crippen LogP contribution in [-0.4, -0.2) is 10.3 Å². The Morgan fingerprint density at radius 1 is 0.805 bits per heavy atom. The molecule has 5 aromatic carbocycles. The van der Waals surface area contributed by atoms with E-state index in [-0.39, 0.29) is 0 Å². The summed E-state index contributed by atoms with van der Waals surface area (Å²) in [6, 6.07) is 35.7. The smallest absolute Gasteiger partial charge is 0.206 e. The fourth-order valence-corrected chi connectivity index (χ4v) is 6.05. The Hall–Kier alpha value is -5.55. The zero-order valence-electron chi connectivity index (χ0n) is 22.2. The summed E-state index contributed by atoms with van der Waals surface area (Å²) < 4.78 is 8.71. The molecule has 0 saturated carbocycles. The number of nitrogens with zero attached hydrogens (tertiary/aromatic N) is 2. The van der Waals surface area contributed by atoms with E-state index in [4.69, 9.17) is 15.1 Å². The summed E-state index contributed by atoms with van der Waals surface area (Å²) in [5.74, 6) is 0.702. The van der Waals surface area contributed by atoms with Crippen LogP contribution in [0.15, 0.2) is 131 Å². The van der Waals surface area contributed by atoms with E-state index in [9.17, 15) is 0 Å². The first-order valence-electron chi connectivity index (χ1n) is 13.7. The fourth-order valence-electron chi connectivity index (χ4n) is 6.05. The largest absolute Gasteiger partial charge is 0.440 e. The Bertz CT molecular complexity index is 2230. The Morgan fingerprint density at radius 2 is 1.56 bits per heavy atom. The maximum Gasteiger partial charge on any atom is 0.206 e. The number of rotatable bonds is 4. The number of nitrogens with one attached hydrogen (secondary N) is 1. The monoisotopic (exact) mass is 530 g/mol. The lowest BCUT2D eigenvalue weighted by atomic mass is 9.97. The second kappa shape index (κ2) is 9.00. The zero-order valence-corrected chi connectivity index (χ0v) is 22.2. The number of aromatic nitrogens is 1. The van der Waals surface area contributed by atoms with Crippen molar-refractivity contribution >= 4 is 66.9 Å². The number of hydrogen-bond donors (Lipinski definition) is 2. The van der Waals surface area contributed by atoms with Crippen molar-refractivity contribution in [2.75, 3.05) is 11.1 Å². The van der Waals surface area contributed by atoms with Crippen LogP contribution in [0.25, 0.3) is 49.6 Å². The number of fused-ring (bicyclic) bond motifs is 7. The van der Waals surface area contributed by atoms with Gasteiger partial charge in [-0.1, -0.05) is 91.5 Å². The second-order valence-corrected chi connectivity index (χ2v) is 10.3. The molecule has 0 amide bonds. The number of benzene rings is 5. The summed E-state index contributed by atoms with van der Waals surface area (Å²) in [6.07, 6.45) is 5.17. The van der Waals surface area contributed by atoms with Gasteiger partial charge >= 0.3 is 0 Å². The van der Waals surface area contributed by atoms with Gasteiger partial charge in [-0.3, -0.25) is 0 Å². The topological polar surface area (TPSA) is 68.5 Å². The highest BCUT2D eigenvalue weighted by Crippen LogP contribution is 2.41. The van der Waals surface area contributed by atoms with Gasteiger partial charge in [-0.25, -0.2) is 4.99 Å². The summed E-state index contributed by atoms with van der Waals surface area (Å²) in [7, 11) is 0. The number of aliphatic imine (C=N–C) groups is 1. The zero-order chi connectivity index (χ0) is 27.5. The molecule has 8 rings (SSSR count). The average molecular weight is 531 g/mol. The minimum atomic E-state index is -0.439. The highest BCUT2D eigenvalue weighted by atomic mass is 16.4. The molecule has 0 radical (unpaired) electrons. The molecule has 5 heteroatoms. The van der Waals surface area contributed by atoms with E-state index in [0.717, 1.165) is 44.4 Å². The van der Waals surface area contributed by atoms with Crippen molar-refractivity contribution in [1.82, 2.24) is 4.57 Å². The van der Waals surface area contributed by atoms with E-state index in [1.807, 2.05) is 42.5 Å². The Kier molecular flexibility index (Phi) is 5.12. The number of allylic oxidation sites excluding steroid dienone is 2. The molecule has 0 aliphatic carbocycles. The fraction of sp³-hybridized carbons (Fsp3) is 0.0278. The van der Waals surface area contributed by atoms with Crippen molar-refractivity contribution in [2.24, 2.45) is 4.99 Å². The van der Waals surface area contributed by atoms with Crippen LogP contribution in [0, 0.1) is 0 Å². The highest BCUT2D eigenvalue weighted by molar-refractivity contribution is 6.23. The lowest BCUT2D eigenvalue weighted by molar-refractivity contribution is 0.561. The number of para-hydroxylation sites is 2. The maximum absolute atomic E-state index is 6.43. The predicted octanol–water partition coefficient (Wildman–Crippen LogP) is 8.89. The van der Waals surface area contributed by atoms with Crippen LogP contribution < -0.4 is 11.1 Å². The van der Waals surface area contributed by atoms with Crippen LogP contribution in [0.3, 0.4) is 0 Å². The standard InChI is InChI=1S/C36H26N4O/c1-2-3-10-24-19-25(17-18-29(24)37)34-33-27-14-7-9-16-32(27)41-35(33)39-36(38-34)40-30-15-8-6-13-26(30)28-20-22-11-4-5-12-23(22)21-31(28)40/h2-21,36,39H,1,37H2/b10-3-. The van der Waals surface area contributed by atoms with Crippen LogP contribution in [0.1, 0.15) is 23.0 Å². The van der Waals surface area contributed by atoms with E-state index in [2.05, 4.69) is 89.3 Å². The van der Waals surface area contributed by atoms with Crippen molar-refractivity contribution in [1.29, 1.82) is 0 Å². The van der Waals surface area contributed by atoms with E-state index in [1.54, 1.807) is 6.08 Å². The molecule has 41 heavy (non-hydrogen) atoms. The van der Waals surface area contributed by atoms with Crippen molar-refractivity contribution in [3.8, 4) is 0 Å². The first-order chi connectivity index (χ1) is 20.2. The van der Waals surface area contributed by atoms with Crippen LogP contribution in [-0.2, 0) is 0 Å². The molecule has 0 spiro atoms. The maximum atomic E-state index is 6.43. The van der Waals surface area contributed by atoms with Crippen molar-refractivity contribution in [3.63, 3.8) is 0 Å². The molecule has 0 fully saturated rings. The van der Waals surface area contributed by atoms with Gasteiger partial charge in [0, 0.05) is 27.4 Å². The molecular formula is C36H26N4O. The first-order valence-corrected chi connectivity index (χ1v) is 13.7. The number of anilines is 2. The SMILES string of the molecule is C=C/C=C\c1cc(C2=NC(n3c4ccccc4c4cc5ccccc5cc43)Nc3oc4ccccc4c32)ccc1N. The quantitative estimate of drug-likeness (QED) is 0.176. The van der Waals surface area contributed by atoms with E-state index >= 15 is 0 Å². The van der Waals surface area contributed by atoms with Gasteiger partial charge in [-0.05, 0) is 52.7 Å². The molecule has 0 bridgehead atoms. The van der Waals surface area contributed by atoms with Crippen LogP contribution in [0.2, 0.25) is 0 Å². The summed E-state index contributed by atoms with van der Waals surface area (Å²) in [5, 5.41) is 9.43. The van der Waals surface area contributed by atoms with Gasteiger partial charge in [0.25, 0.3) is 0 Å². The summed E-state index contributed by atoms with van der Waals surface area (Å²) >= 11 is 0. The normalized spacial score (nSPS) is 15.0. The molecule has 1 unspecified atom stereocenters. The van der Waals surface area contributed by atoms with Gasteiger partial charge in [-0.2, -0.15) is 0 Å². The van der Waals surface area contributed by atoms with E-state index in [1.165, 1.54) is 21.5 Å². The van der Waals surface area contributed by atoms with Crippen molar-refractivity contribution < 1.29 is 4.42 Å². The van der Waals surface area contributed by atoms with Gasteiger partial charge in [-0.15, -0.1) is 0 Å². The molecule has 7 aromatic rings. The van der Waals surface area contributed by atoms with E-state index < -0.39 is 6.29 Å². The van der Waals surface area contributed by atoms with Gasteiger partial charge < -0.3 is 20.0 Å². The average Bonchev–Trinajstić information content (AvgIpc) is 3.54. The summed E-state index contributed by atoms with van der Waals surface area (Å²) in [6.45, 7) is 3.81. The summed E-state index contributed by atoms with van der Waals surface area (Å²) in [5.41, 5.74) is 13.7. The van der Waals surface area contributed by atoms with Gasteiger partial charge in [0.05, 0.1) is 22.3 Å². The van der Waals surface area contributed by atoms with Crippen LogP contribution in [0.5, 0.6) is 0 Å². The molecule has 0 saturated heterocycles. The van der Waals surface area contributed by atoms with Gasteiger partial charge in [0.1, 0.15) is 5.58 Å². The highest BCUT2D eigenvalue weighted by Gasteiger charge is 2.30. The van der Waals surface area contributed by atoms with Gasteiger partial charge in [0.15, 0.2) is 0 Å². The van der Waals surface area contributed by atoms with Crippen LogP contribution in [0.4, 0.5) is 11.6 Å². The predicted molar refractivity (Wildman–Crippen MR) is 172 cm³/mol. The molecule has 5 nitrogen and oxygen atoms in total. The molecule has 3 N–H and O–H groups in total. The summed E-state index contributed by atoms with van der Waals surface area (Å²) in [4.78, 5) is 5.41. The number of hydrogen-bond acceptors (Lipinski definition) is 4. The first kappa shape index (κ1) is 23.3.